The second-order valence-electron chi connectivity index (χ2n) is 1.05. The van der Waals surface area contributed by atoms with Crippen LogP contribution in [0.5, 0.6) is 0 Å². The molecule has 1 aromatic heterocycles. The van der Waals surface area contributed by atoms with Crippen LogP contribution in [0.25, 0.3) is 0 Å². The lowest BCUT2D eigenvalue weighted by Gasteiger charge is -1.80. The van der Waals surface area contributed by atoms with Gasteiger partial charge in [0.2, 0.25) is 0 Å². The molecular weight excluding hydrogens is 116 g/mol. The minimum absolute atomic E-state index is 0.655. The third-order valence-electron chi connectivity index (χ3n) is 0.506. The van der Waals surface area contributed by atoms with E-state index in [1.54, 1.807) is 0 Å². The average Bonchev–Trinajstić information content (AvgIpc) is 1.77. The Balaban J connectivity index is 3.03. The summed E-state index contributed by atoms with van der Waals surface area (Å²) < 4.78 is 23.3. The summed E-state index contributed by atoms with van der Waals surface area (Å²) in [5.74, 6) is -0.883. The Kier molecular flexibility index (Phi) is 1.11. The maximum atomic E-state index is 11.7. The van der Waals surface area contributed by atoms with Gasteiger partial charge in [-0.2, -0.15) is 8.78 Å². The van der Waals surface area contributed by atoms with Crippen molar-refractivity contribution in [3.63, 3.8) is 0 Å². The lowest BCUT2D eigenvalue weighted by Crippen LogP contribution is -1.93. The molecule has 0 radical (unpaired) electrons. The monoisotopic (exact) mass is 117 g/mol. The summed E-state index contributed by atoms with van der Waals surface area (Å²) >= 11 is 0. The van der Waals surface area contributed by atoms with E-state index in [1.165, 1.54) is 0 Å². The highest BCUT2D eigenvalue weighted by molar-refractivity contribution is 4.67. The van der Waals surface area contributed by atoms with Gasteiger partial charge in [-0.1, -0.05) is 5.10 Å². The van der Waals surface area contributed by atoms with Gasteiger partial charge in [-0.3, -0.25) is 0 Å². The molecule has 8 heavy (non-hydrogen) atoms. The van der Waals surface area contributed by atoms with E-state index in [0.29, 0.717) is 6.20 Å². The van der Waals surface area contributed by atoms with E-state index in [-0.39, 0.29) is 0 Å². The van der Waals surface area contributed by atoms with Crippen molar-refractivity contribution in [2.75, 3.05) is 0 Å². The lowest BCUT2D eigenvalue weighted by atomic mass is 10.9. The van der Waals surface area contributed by atoms with Gasteiger partial charge in [-0.15, -0.1) is 5.10 Å². The molecule has 1 rings (SSSR count). The van der Waals surface area contributed by atoms with Crippen LogP contribution < -0.4 is 0 Å². The van der Waals surface area contributed by atoms with Gasteiger partial charge >= 0.3 is 6.08 Å². The molecule has 0 bridgehead atoms. The van der Waals surface area contributed by atoms with Crippen molar-refractivity contribution in [2.45, 2.75) is 0 Å². The number of halogens is 2. The van der Waals surface area contributed by atoms with Crippen LogP contribution in [-0.2, 0) is 0 Å². The Bertz CT molecular complexity index is 151. The van der Waals surface area contributed by atoms with E-state index in [1.807, 2.05) is 0 Å². The zero-order chi connectivity index (χ0) is 5.98. The Morgan fingerprint density at radius 1 is 1.25 bits per heavy atom. The van der Waals surface area contributed by atoms with Crippen LogP contribution in [0.15, 0.2) is 6.20 Å². The SMILES string of the molecule is Fc1cnc(F)nn1. The number of hydrogen-bond acceptors (Lipinski definition) is 3. The third kappa shape index (κ3) is 0.927. The fraction of sp³-hybridized carbons (Fsp3) is 0. The molecule has 0 spiro atoms. The first-order chi connectivity index (χ1) is 3.79. The van der Waals surface area contributed by atoms with Crippen molar-refractivity contribution in [1.82, 2.24) is 15.2 Å². The van der Waals surface area contributed by atoms with Crippen LogP contribution in [-0.4, -0.2) is 15.2 Å². The van der Waals surface area contributed by atoms with Crippen LogP contribution in [0.3, 0.4) is 0 Å². The van der Waals surface area contributed by atoms with E-state index in [4.69, 9.17) is 0 Å². The van der Waals surface area contributed by atoms with E-state index < -0.39 is 12.0 Å². The van der Waals surface area contributed by atoms with Crippen molar-refractivity contribution in [3.8, 4) is 0 Å². The molecule has 0 aliphatic heterocycles. The summed E-state index contributed by atoms with van der Waals surface area (Å²) in [5.41, 5.74) is 0. The van der Waals surface area contributed by atoms with Crippen LogP contribution in [0, 0.1) is 12.0 Å². The van der Waals surface area contributed by atoms with Gasteiger partial charge in [0.15, 0.2) is 0 Å². The van der Waals surface area contributed by atoms with Gasteiger partial charge < -0.3 is 0 Å². The van der Waals surface area contributed by atoms with Gasteiger partial charge in [-0.25, -0.2) is 4.98 Å². The second-order valence-corrected chi connectivity index (χ2v) is 1.05. The molecule has 42 valence electrons. The Morgan fingerprint density at radius 3 is 2.38 bits per heavy atom. The summed E-state index contributed by atoms with van der Waals surface area (Å²) in [4.78, 5) is 2.86. The highest BCUT2D eigenvalue weighted by atomic mass is 19.1. The lowest BCUT2D eigenvalue weighted by molar-refractivity contribution is 0.470. The number of nitrogens with zero attached hydrogens (tertiary/aromatic N) is 3. The van der Waals surface area contributed by atoms with Gasteiger partial charge in [0.1, 0.15) is 0 Å². The molecule has 0 aliphatic rings. The molecular formula is C3HF2N3. The average molecular weight is 117 g/mol. The zero-order valence-electron chi connectivity index (χ0n) is 3.67. The molecule has 0 unspecified atom stereocenters. The first kappa shape index (κ1) is 5.02. The van der Waals surface area contributed by atoms with Gasteiger partial charge in [0.25, 0.3) is 5.95 Å². The fourth-order valence-electron chi connectivity index (χ4n) is 0.247. The minimum Gasteiger partial charge on any atom is -0.205 e. The topological polar surface area (TPSA) is 38.7 Å². The summed E-state index contributed by atoms with van der Waals surface area (Å²) in [6.07, 6.45) is -0.367. The van der Waals surface area contributed by atoms with Gasteiger partial charge in [0, 0.05) is 0 Å². The van der Waals surface area contributed by atoms with E-state index in [2.05, 4.69) is 15.2 Å². The first-order valence-corrected chi connectivity index (χ1v) is 1.80. The summed E-state index contributed by atoms with van der Waals surface area (Å²) in [6, 6.07) is 0. The Hall–Kier alpha value is -1.13. The van der Waals surface area contributed by atoms with E-state index >= 15 is 0 Å². The molecule has 0 N–H and O–H groups in total. The van der Waals surface area contributed by atoms with Crippen LogP contribution in [0.1, 0.15) is 0 Å². The minimum atomic E-state index is -1.02. The van der Waals surface area contributed by atoms with Crippen molar-refractivity contribution >= 4 is 0 Å². The molecule has 0 saturated carbocycles. The quantitative estimate of drug-likeness (QED) is 0.485. The van der Waals surface area contributed by atoms with Crippen LogP contribution in [0.2, 0.25) is 0 Å². The summed E-state index contributed by atoms with van der Waals surface area (Å²) in [6.45, 7) is 0. The predicted octanol–water partition coefficient (Wildman–Crippen LogP) is 0.150. The molecule has 5 heteroatoms. The first-order valence-electron chi connectivity index (χ1n) is 1.80. The van der Waals surface area contributed by atoms with Crippen LogP contribution >= 0.6 is 0 Å². The summed E-state index contributed by atoms with van der Waals surface area (Å²) in [7, 11) is 0. The molecule has 0 amide bonds. The highest BCUT2D eigenvalue weighted by Gasteiger charge is 1.91. The molecule has 1 aromatic rings. The zero-order valence-corrected chi connectivity index (χ0v) is 3.67. The number of aromatic nitrogens is 3. The molecule has 0 atom stereocenters. The molecule has 0 aromatic carbocycles. The smallest absolute Gasteiger partial charge is 0.205 e. The van der Waals surface area contributed by atoms with Gasteiger partial charge in [-0.05, 0) is 0 Å². The Morgan fingerprint density at radius 2 is 2.00 bits per heavy atom. The molecule has 1 heterocycles. The van der Waals surface area contributed by atoms with Crippen molar-refractivity contribution in [3.05, 3.63) is 18.2 Å². The Labute approximate surface area is 43.4 Å². The van der Waals surface area contributed by atoms with E-state index in [0.717, 1.165) is 0 Å². The summed E-state index contributed by atoms with van der Waals surface area (Å²) in [5, 5.41) is 5.40. The van der Waals surface area contributed by atoms with Crippen molar-refractivity contribution in [1.29, 1.82) is 0 Å². The number of rotatable bonds is 0. The number of hydrogen-bond donors (Lipinski definition) is 0. The predicted molar refractivity (Wildman–Crippen MR) is 19.7 cm³/mol. The third-order valence-corrected chi connectivity index (χ3v) is 0.506. The largest absolute Gasteiger partial charge is 0.327 e. The second kappa shape index (κ2) is 1.77. The molecule has 3 nitrogen and oxygen atoms in total. The molecule has 0 saturated heterocycles. The molecule has 0 aliphatic carbocycles. The van der Waals surface area contributed by atoms with Crippen molar-refractivity contribution in [2.24, 2.45) is 0 Å². The van der Waals surface area contributed by atoms with E-state index in [9.17, 15) is 8.78 Å². The van der Waals surface area contributed by atoms with Gasteiger partial charge in [0.05, 0.1) is 6.20 Å². The maximum Gasteiger partial charge on any atom is 0.327 e. The highest BCUT2D eigenvalue weighted by Crippen LogP contribution is 1.84. The standard InChI is InChI=1S/C3HF2N3/c4-2-1-6-3(5)8-7-2/h1H. The fourth-order valence-corrected chi connectivity index (χ4v) is 0.247. The maximum absolute atomic E-state index is 11.7. The molecule has 0 fully saturated rings. The van der Waals surface area contributed by atoms with Crippen LogP contribution in [0.4, 0.5) is 8.78 Å². The normalized spacial score (nSPS) is 9.25. The van der Waals surface area contributed by atoms with Crippen molar-refractivity contribution < 1.29 is 8.78 Å².